The molecule has 2 aromatic heterocycles. The number of aromatic nitrogens is 2. The van der Waals surface area contributed by atoms with Gasteiger partial charge in [0.1, 0.15) is 4.88 Å². The van der Waals surface area contributed by atoms with Crippen molar-refractivity contribution in [3.05, 3.63) is 81.5 Å². The molecule has 0 radical (unpaired) electrons. The van der Waals surface area contributed by atoms with Crippen molar-refractivity contribution in [3.8, 4) is 11.3 Å². The third-order valence-corrected chi connectivity index (χ3v) is 5.02. The van der Waals surface area contributed by atoms with E-state index in [1.54, 1.807) is 24.3 Å². The smallest absolute Gasteiger partial charge is 0.353 e. The molecule has 0 saturated heterocycles. The van der Waals surface area contributed by atoms with Crippen molar-refractivity contribution in [2.45, 2.75) is 6.18 Å². The van der Waals surface area contributed by atoms with Crippen LogP contribution in [0.2, 0.25) is 0 Å². The monoisotopic (exact) mass is 415 g/mol. The van der Waals surface area contributed by atoms with Crippen LogP contribution in [0.25, 0.3) is 22.2 Å². The van der Waals surface area contributed by atoms with E-state index in [0.717, 1.165) is 23.7 Å². The van der Waals surface area contributed by atoms with Gasteiger partial charge in [-0.15, -0.1) is 0 Å². The molecule has 0 spiro atoms. The van der Waals surface area contributed by atoms with Crippen LogP contribution in [-0.4, -0.2) is 15.3 Å². The molecule has 4 aromatic rings. The van der Waals surface area contributed by atoms with E-state index >= 15 is 0 Å². The number of anilines is 1. The molecule has 146 valence electrons. The zero-order chi connectivity index (χ0) is 20.6. The molecule has 9 heteroatoms. The number of carbonyl (C=O) groups is 1. The third kappa shape index (κ3) is 3.77. The highest BCUT2D eigenvalue weighted by Crippen LogP contribution is 2.32. The lowest BCUT2D eigenvalue weighted by Crippen LogP contribution is -2.12. The highest BCUT2D eigenvalue weighted by atomic mass is 32.1. The number of fused-ring (bicyclic) bond motifs is 1. The topological polar surface area (TPSA) is 74.8 Å². The second-order valence-corrected chi connectivity index (χ2v) is 7.02. The fourth-order valence-corrected chi connectivity index (χ4v) is 3.40. The van der Waals surface area contributed by atoms with Gasteiger partial charge in [0.05, 0.1) is 16.8 Å². The number of nitrogens with one attached hydrogen (secondary N) is 2. The van der Waals surface area contributed by atoms with Crippen molar-refractivity contribution < 1.29 is 18.0 Å². The minimum Gasteiger partial charge on any atom is -0.353 e. The molecule has 0 fully saturated rings. The van der Waals surface area contributed by atoms with Gasteiger partial charge in [0, 0.05) is 23.3 Å². The maximum atomic E-state index is 13.0. The zero-order valence-corrected chi connectivity index (χ0v) is 15.4. The molecule has 0 unspecified atom stereocenters. The maximum absolute atomic E-state index is 13.0. The molecule has 5 nitrogen and oxygen atoms in total. The van der Waals surface area contributed by atoms with Gasteiger partial charge in [0.15, 0.2) is 5.43 Å². The Morgan fingerprint density at radius 3 is 2.59 bits per heavy atom. The summed E-state index contributed by atoms with van der Waals surface area (Å²) < 4.78 is 43.0. The highest BCUT2D eigenvalue weighted by molar-refractivity contribution is 7.08. The van der Waals surface area contributed by atoms with Crippen LogP contribution in [0.1, 0.15) is 15.2 Å². The Hall–Kier alpha value is -3.46. The van der Waals surface area contributed by atoms with E-state index in [1.807, 2.05) is 0 Å². The number of hydrogen-bond acceptors (Lipinski definition) is 4. The van der Waals surface area contributed by atoms with E-state index in [1.165, 1.54) is 24.4 Å². The van der Waals surface area contributed by atoms with Crippen LogP contribution in [0, 0.1) is 0 Å². The van der Waals surface area contributed by atoms with Gasteiger partial charge < -0.3 is 10.3 Å². The van der Waals surface area contributed by atoms with E-state index in [9.17, 15) is 22.8 Å². The number of carbonyl (C=O) groups excluding carboxylic acids is 1. The molecule has 0 aliphatic carbocycles. The van der Waals surface area contributed by atoms with E-state index in [0.29, 0.717) is 21.5 Å². The van der Waals surface area contributed by atoms with Gasteiger partial charge in [-0.25, -0.2) is 4.37 Å². The molecular weight excluding hydrogens is 403 g/mol. The molecular formula is C20H12F3N3O2S. The molecule has 1 amide bonds. The number of amides is 1. The van der Waals surface area contributed by atoms with Crippen LogP contribution >= 0.6 is 11.5 Å². The minimum absolute atomic E-state index is 0.211. The molecule has 0 saturated carbocycles. The molecule has 0 atom stereocenters. The van der Waals surface area contributed by atoms with E-state index in [4.69, 9.17) is 0 Å². The number of alkyl halides is 3. The lowest BCUT2D eigenvalue weighted by atomic mass is 10.1. The van der Waals surface area contributed by atoms with Crippen LogP contribution in [0.3, 0.4) is 0 Å². The minimum atomic E-state index is -4.50. The van der Waals surface area contributed by atoms with Gasteiger partial charge in [-0.3, -0.25) is 9.59 Å². The molecule has 0 bridgehead atoms. The number of nitrogens with zero attached hydrogens (tertiary/aromatic N) is 1. The summed E-state index contributed by atoms with van der Waals surface area (Å²) in [6.45, 7) is 0. The second kappa shape index (κ2) is 7.17. The molecule has 29 heavy (non-hydrogen) atoms. The Kier molecular flexibility index (Phi) is 4.67. The van der Waals surface area contributed by atoms with Crippen molar-refractivity contribution in [3.63, 3.8) is 0 Å². The van der Waals surface area contributed by atoms with Crippen molar-refractivity contribution in [2.24, 2.45) is 0 Å². The first-order chi connectivity index (χ1) is 13.8. The number of halogens is 3. The third-order valence-electron chi connectivity index (χ3n) is 4.28. The van der Waals surface area contributed by atoms with Crippen LogP contribution in [0.4, 0.5) is 18.9 Å². The predicted molar refractivity (Wildman–Crippen MR) is 105 cm³/mol. The van der Waals surface area contributed by atoms with E-state index in [-0.39, 0.29) is 16.7 Å². The van der Waals surface area contributed by atoms with Crippen LogP contribution in [0.15, 0.2) is 65.6 Å². The molecule has 4 rings (SSSR count). The highest BCUT2D eigenvalue weighted by Gasteiger charge is 2.30. The molecule has 0 aliphatic rings. The summed E-state index contributed by atoms with van der Waals surface area (Å²) in [4.78, 5) is 28.3. The summed E-state index contributed by atoms with van der Waals surface area (Å²) in [6, 6.07) is 12.3. The Morgan fingerprint density at radius 2 is 1.86 bits per heavy atom. The summed E-state index contributed by atoms with van der Waals surface area (Å²) in [5.41, 5.74) is -0.101. The van der Waals surface area contributed by atoms with Gasteiger partial charge in [-0.1, -0.05) is 18.2 Å². The largest absolute Gasteiger partial charge is 0.416 e. The second-order valence-electron chi connectivity index (χ2n) is 6.18. The first kappa shape index (κ1) is 18.9. The Balaban J connectivity index is 1.82. The van der Waals surface area contributed by atoms with E-state index in [2.05, 4.69) is 14.7 Å². The number of hydrogen-bond donors (Lipinski definition) is 2. The average molecular weight is 415 g/mol. The molecule has 2 aromatic carbocycles. The Bertz CT molecular complexity index is 1260. The normalized spacial score (nSPS) is 11.6. The first-order valence-electron chi connectivity index (χ1n) is 8.38. The van der Waals surface area contributed by atoms with Crippen LogP contribution < -0.4 is 10.7 Å². The fourth-order valence-electron chi connectivity index (χ4n) is 2.91. The summed E-state index contributed by atoms with van der Waals surface area (Å²) in [6.07, 6.45) is -3.00. The number of benzene rings is 2. The van der Waals surface area contributed by atoms with Crippen molar-refractivity contribution in [1.82, 2.24) is 9.36 Å². The lowest BCUT2D eigenvalue weighted by Gasteiger charge is -2.12. The molecule has 0 aliphatic heterocycles. The number of aromatic amines is 1. The van der Waals surface area contributed by atoms with Gasteiger partial charge in [-0.05, 0) is 47.4 Å². The summed E-state index contributed by atoms with van der Waals surface area (Å²) in [7, 11) is 0. The Morgan fingerprint density at radius 1 is 1.07 bits per heavy atom. The quantitative estimate of drug-likeness (QED) is 0.499. The van der Waals surface area contributed by atoms with Crippen molar-refractivity contribution in [1.29, 1.82) is 0 Å². The van der Waals surface area contributed by atoms with Gasteiger partial charge in [-0.2, -0.15) is 13.2 Å². The standard InChI is InChI=1S/C20H12F3N3O2S/c21-20(22,23)12-4-1-3-11(9-12)15-10-16(27)13-5-2-6-14(18(13)25-15)26-19(28)17-7-8-24-29-17/h1-10H,(H,25,27)(H,26,28). The Labute approximate surface area is 166 Å². The van der Waals surface area contributed by atoms with Gasteiger partial charge in [0.2, 0.25) is 0 Å². The number of pyridine rings is 1. The van der Waals surface area contributed by atoms with Gasteiger partial charge in [0.25, 0.3) is 5.91 Å². The predicted octanol–water partition coefficient (Wildman–Crippen LogP) is 4.92. The molecule has 2 N–H and O–H groups in total. The van der Waals surface area contributed by atoms with Crippen LogP contribution in [0.5, 0.6) is 0 Å². The van der Waals surface area contributed by atoms with Crippen molar-refractivity contribution >= 4 is 34.0 Å². The van der Waals surface area contributed by atoms with E-state index < -0.39 is 17.6 Å². The SMILES string of the molecule is O=C(Nc1cccc2c(=O)cc(-c3cccc(C(F)(F)F)c3)[nH]c12)c1ccns1. The fraction of sp³-hybridized carbons (Fsp3) is 0.0500. The summed E-state index contributed by atoms with van der Waals surface area (Å²) >= 11 is 1.02. The number of para-hydroxylation sites is 1. The summed E-state index contributed by atoms with van der Waals surface area (Å²) in [5, 5.41) is 3.02. The first-order valence-corrected chi connectivity index (χ1v) is 9.16. The number of rotatable bonds is 3. The summed E-state index contributed by atoms with van der Waals surface area (Å²) in [5.74, 6) is -0.398. The van der Waals surface area contributed by atoms with Crippen molar-refractivity contribution in [2.75, 3.05) is 5.32 Å². The maximum Gasteiger partial charge on any atom is 0.416 e. The lowest BCUT2D eigenvalue weighted by molar-refractivity contribution is -0.137. The molecule has 2 heterocycles. The zero-order valence-electron chi connectivity index (χ0n) is 14.6. The van der Waals surface area contributed by atoms with Gasteiger partial charge >= 0.3 is 6.18 Å². The number of H-pyrrole nitrogens is 1. The van der Waals surface area contributed by atoms with Crippen LogP contribution in [-0.2, 0) is 6.18 Å². The average Bonchev–Trinajstić information content (AvgIpc) is 3.23.